The molecule has 0 aromatic heterocycles. The number of carbonyl (C=O) groups is 1. The molecule has 0 aliphatic carbocycles. The summed E-state index contributed by atoms with van der Waals surface area (Å²) in [6, 6.07) is 3.81. The summed E-state index contributed by atoms with van der Waals surface area (Å²) in [6.45, 7) is 3.09. The minimum atomic E-state index is -2.37. The number of hydrogen-bond donors (Lipinski definition) is 3. The Labute approximate surface area is 195 Å². The molecule has 0 atom stereocenters. The van der Waals surface area contributed by atoms with Crippen molar-refractivity contribution < 1.29 is 23.0 Å². The highest BCUT2D eigenvalue weighted by atomic mass is 19.3. The van der Waals surface area contributed by atoms with Crippen molar-refractivity contribution in [2.45, 2.75) is 18.4 Å². The molecule has 2 saturated heterocycles. The Bertz CT molecular complexity index is 1070. The number of rotatable bonds is 6. The lowest BCUT2D eigenvalue weighted by Gasteiger charge is -2.46. The zero-order valence-corrected chi connectivity index (χ0v) is 18.5. The van der Waals surface area contributed by atoms with Crippen LogP contribution in [0.5, 0.6) is 5.75 Å². The molecular formula is C23H26F2N6O3. The van der Waals surface area contributed by atoms with E-state index in [4.69, 9.17) is 14.9 Å². The van der Waals surface area contributed by atoms with Gasteiger partial charge in [-0.1, -0.05) is 0 Å². The van der Waals surface area contributed by atoms with Crippen LogP contribution < -0.4 is 20.3 Å². The van der Waals surface area contributed by atoms with Crippen LogP contribution in [0.4, 0.5) is 20.2 Å². The second-order valence-corrected chi connectivity index (χ2v) is 8.74. The molecule has 1 aromatic rings. The maximum absolute atomic E-state index is 13.1. The largest absolute Gasteiger partial charge is 0.484 e. The number of alkyl halides is 2. The summed E-state index contributed by atoms with van der Waals surface area (Å²) in [5.74, 6) is 0.547. The van der Waals surface area contributed by atoms with E-state index in [1.165, 1.54) is 0 Å². The quantitative estimate of drug-likeness (QED) is 0.431. The Morgan fingerprint density at radius 2 is 2.12 bits per heavy atom. The third kappa shape index (κ3) is 4.40. The molecule has 2 fully saturated rings. The van der Waals surface area contributed by atoms with Gasteiger partial charge in [0, 0.05) is 62.9 Å². The number of benzene rings is 1. The van der Waals surface area contributed by atoms with Crippen molar-refractivity contribution in [3.8, 4) is 5.75 Å². The number of likely N-dealkylation sites (tertiary alicyclic amines) is 1. The fourth-order valence-corrected chi connectivity index (χ4v) is 4.80. The predicted molar refractivity (Wildman–Crippen MR) is 124 cm³/mol. The minimum Gasteiger partial charge on any atom is -0.484 e. The minimum absolute atomic E-state index is 0.100. The lowest BCUT2D eigenvalue weighted by molar-refractivity contribution is -0.112. The van der Waals surface area contributed by atoms with Gasteiger partial charge in [-0.3, -0.25) is 9.69 Å². The smallest absolute Gasteiger partial charge is 0.261 e. The number of nitrogens with zero attached hydrogens (tertiary/aromatic N) is 3. The Balaban J connectivity index is 1.41. The first kappa shape index (κ1) is 22.5. The third-order valence-electron chi connectivity index (χ3n) is 6.29. The number of aliphatic imine (C=N–C) groups is 1. The van der Waals surface area contributed by atoms with Gasteiger partial charge in [0.15, 0.2) is 0 Å². The van der Waals surface area contributed by atoms with Gasteiger partial charge in [-0.25, -0.2) is 13.8 Å². The van der Waals surface area contributed by atoms with Crippen molar-refractivity contribution in [1.82, 2.24) is 10.2 Å². The molecule has 1 amide bonds. The Morgan fingerprint density at radius 3 is 2.79 bits per heavy atom. The van der Waals surface area contributed by atoms with Crippen LogP contribution in [-0.2, 0) is 16.0 Å². The van der Waals surface area contributed by atoms with Crippen LogP contribution in [0.15, 0.2) is 40.8 Å². The molecule has 0 radical (unpaired) electrons. The molecule has 4 aliphatic rings. The zero-order chi connectivity index (χ0) is 23.7. The molecule has 0 bridgehead atoms. The Hall–Kier alpha value is -3.31. The van der Waals surface area contributed by atoms with Gasteiger partial charge in [0.2, 0.25) is 0 Å². The first-order valence-corrected chi connectivity index (χ1v) is 11.2. The summed E-state index contributed by atoms with van der Waals surface area (Å²) < 4.78 is 37.2. The van der Waals surface area contributed by atoms with Gasteiger partial charge >= 0.3 is 0 Å². The molecular weight excluding hydrogens is 446 g/mol. The SMILES string of the molecule is N=C/C(C(=O)Nc1cc2c(cc1N1CCOCC1)OC1(C2)CN(CC(F)F)C1)=C1/N=CC=CN1. The Morgan fingerprint density at radius 1 is 1.32 bits per heavy atom. The van der Waals surface area contributed by atoms with Crippen molar-refractivity contribution >= 4 is 29.7 Å². The highest BCUT2D eigenvalue weighted by Crippen LogP contribution is 2.45. The number of amides is 1. The van der Waals surface area contributed by atoms with Crippen molar-refractivity contribution in [1.29, 1.82) is 5.41 Å². The first-order chi connectivity index (χ1) is 16.5. The maximum Gasteiger partial charge on any atom is 0.261 e. The van der Waals surface area contributed by atoms with Gasteiger partial charge in [0.05, 0.1) is 36.7 Å². The van der Waals surface area contributed by atoms with E-state index in [9.17, 15) is 13.6 Å². The second kappa shape index (κ2) is 9.15. The van der Waals surface area contributed by atoms with Gasteiger partial charge in [-0.15, -0.1) is 0 Å². The monoisotopic (exact) mass is 472 g/mol. The molecule has 9 nitrogen and oxygen atoms in total. The van der Waals surface area contributed by atoms with E-state index in [-0.39, 0.29) is 12.1 Å². The van der Waals surface area contributed by atoms with Crippen molar-refractivity contribution in [3.63, 3.8) is 0 Å². The summed E-state index contributed by atoms with van der Waals surface area (Å²) in [7, 11) is 0. The lowest BCUT2D eigenvalue weighted by Crippen LogP contribution is -2.65. The molecule has 1 aromatic carbocycles. The number of hydrogen-bond acceptors (Lipinski definition) is 8. The van der Waals surface area contributed by atoms with Gasteiger partial charge < -0.3 is 30.4 Å². The highest BCUT2D eigenvalue weighted by molar-refractivity contribution is 6.18. The lowest BCUT2D eigenvalue weighted by atomic mass is 9.89. The number of halogens is 2. The summed E-state index contributed by atoms with van der Waals surface area (Å²) in [5.41, 5.74) is 1.92. The number of carbonyl (C=O) groups excluding carboxylic acids is 1. The molecule has 1 spiro atoms. The molecule has 0 unspecified atom stereocenters. The Kier molecular flexibility index (Phi) is 6.05. The van der Waals surface area contributed by atoms with Gasteiger partial charge in [0.25, 0.3) is 12.3 Å². The van der Waals surface area contributed by atoms with Gasteiger partial charge in [0.1, 0.15) is 17.2 Å². The number of fused-ring (bicyclic) bond motifs is 1. The van der Waals surface area contributed by atoms with Crippen LogP contribution >= 0.6 is 0 Å². The van der Waals surface area contributed by atoms with Crippen LogP contribution in [0, 0.1) is 5.41 Å². The summed E-state index contributed by atoms with van der Waals surface area (Å²) >= 11 is 0. The molecule has 4 aliphatic heterocycles. The molecule has 180 valence electrons. The van der Waals surface area contributed by atoms with E-state index in [1.54, 1.807) is 23.4 Å². The van der Waals surface area contributed by atoms with E-state index < -0.39 is 17.9 Å². The van der Waals surface area contributed by atoms with Crippen molar-refractivity contribution in [2.24, 2.45) is 4.99 Å². The van der Waals surface area contributed by atoms with E-state index in [0.29, 0.717) is 63.1 Å². The predicted octanol–water partition coefficient (Wildman–Crippen LogP) is 1.76. The van der Waals surface area contributed by atoms with Crippen LogP contribution in [0.1, 0.15) is 5.56 Å². The number of morpholine rings is 1. The van der Waals surface area contributed by atoms with Crippen molar-refractivity contribution in [3.05, 3.63) is 41.4 Å². The topological polar surface area (TPSA) is 102 Å². The standard InChI is InChI=1S/C23H26F2N6O3/c24-20(25)12-30-13-23(14-30)10-15-8-17(18(9-19(15)34-23)31-4-6-33-7-5-31)29-22(32)16(11-26)21-27-2-1-3-28-21/h1-3,8-9,11,20,26-27H,4-7,10,12-14H2,(H,29,32)/b21-16-,26-11?. The maximum atomic E-state index is 13.1. The van der Waals surface area contributed by atoms with Crippen LogP contribution in [0.2, 0.25) is 0 Å². The van der Waals surface area contributed by atoms with Crippen LogP contribution in [-0.4, -0.2) is 81.2 Å². The van der Waals surface area contributed by atoms with E-state index in [2.05, 4.69) is 20.5 Å². The molecule has 0 saturated carbocycles. The zero-order valence-electron chi connectivity index (χ0n) is 18.5. The third-order valence-corrected chi connectivity index (χ3v) is 6.29. The fourth-order valence-electron chi connectivity index (χ4n) is 4.80. The van der Waals surface area contributed by atoms with Crippen molar-refractivity contribution in [2.75, 3.05) is 56.2 Å². The summed E-state index contributed by atoms with van der Waals surface area (Å²) in [6.07, 6.45) is 4.07. The van der Waals surface area contributed by atoms with E-state index >= 15 is 0 Å². The van der Waals surface area contributed by atoms with Gasteiger partial charge in [-0.2, -0.15) is 0 Å². The molecule has 34 heavy (non-hydrogen) atoms. The number of ether oxygens (including phenoxy) is 2. The molecule has 5 rings (SSSR count). The van der Waals surface area contributed by atoms with E-state index in [1.807, 2.05) is 12.1 Å². The second-order valence-electron chi connectivity index (χ2n) is 8.74. The average Bonchev–Trinajstić information content (AvgIpc) is 3.18. The summed E-state index contributed by atoms with van der Waals surface area (Å²) in [4.78, 5) is 21.1. The normalized spacial score (nSPS) is 22.1. The fraction of sp³-hybridized carbons (Fsp3) is 0.435. The van der Waals surface area contributed by atoms with E-state index in [0.717, 1.165) is 17.5 Å². The molecule has 11 heteroatoms. The first-order valence-electron chi connectivity index (χ1n) is 11.2. The van der Waals surface area contributed by atoms with Crippen LogP contribution in [0.3, 0.4) is 0 Å². The molecule has 4 heterocycles. The van der Waals surface area contributed by atoms with Crippen LogP contribution in [0.25, 0.3) is 0 Å². The highest BCUT2D eigenvalue weighted by Gasteiger charge is 2.50. The van der Waals surface area contributed by atoms with Gasteiger partial charge in [-0.05, 0) is 12.1 Å². The number of nitrogens with one attached hydrogen (secondary N) is 3. The number of anilines is 2. The average molecular weight is 472 g/mol. The number of allylic oxidation sites excluding steroid dienone is 1. The summed E-state index contributed by atoms with van der Waals surface area (Å²) in [5, 5.41) is 13.6. The molecule has 3 N–H and O–H groups in total.